The van der Waals surface area contributed by atoms with E-state index in [0.29, 0.717) is 12.3 Å². The molecule has 130 valence electrons. The van der Waals surface area contributed by atoms with E-state index in [1.54, 1.807) is 0 Å². The molecule has 0 aliphatic rings. The number of alkyl halides is 3. The Morgan fingerprint density at radius 2 is 1.79 bits per heavy atom. The second-order valence-corrected chi connectivity index (χ2v) is 7.06. The molecule has 10 heteroatoms. The zero-order valence-corrected chi connectivity index (χ0v) is 13.7. The van der Waals surface area contributed by atoms with Gasteiger partial charge < -0.3 is 0 Å². The number of benzene rings is 1. The molecule has 0 saturated carbocycles. The van der Waals surface area contributed by atoms with E-state index in [-0.39, 0.29) is 10.6 Å². The summed E-state index contributed by atoms with van der Waals surface area (Å²) in [5.41, 5.74) is -1.08. The van der Waals surface area contributed by atoms with Gasteiger partial charge in [0.05, 0.1) is 11.9 Å². The predicted molar refractivity (Wildman–Crippen MR) is 79.8 cm³/mol. The summed E-state index contributed by atoms with van der Waals surface area (Å²) in [4.78, 5) is 2.54. The Bertz CT molecular complexity index is 839. The summed E-state index contributed by atoms with van der Waals surface area (Å²) in [5, 5.41) is 0.217. The van der Waals surface area contributed by atoms with Crippen LogP contribution in [0.25, 0.3) is 0 Å². The highest BCUT2D eigenvalue weighted by atomic mass is 35.5. The fourth-order valence-electron chi connectivity index (χ4n) is 2.13. The summed E-state index contributed by atoms with van der Waals surface area (Å²) in [7, 11) is -3.34. The molecule has 1 N–H and O–H groups in total. The highest BCUT2D eigenvalue weighted by molar-refractivity contribution is 7.89. The zero-order chi connectivity index (χ0) is 18.1. The maximum Gasteiger partial charge on any atom is 0.401 e. The number of halogens is 5. The first kappa shape index (κ1) is 18.6. The molecule has 2 rings (SSSR count). The van der Waals surface area contributed by atoms with Crippen LogP contribution in [0, 0.1) is 5.82 Å². The highest BCUT2D eigenvalue weighted by Crippen LogP contribution is 2.41. The van der Waals surface area contributed by atoms with Gasteiger partial charge in [-0.15, -0.1) is 0 Å². The van der Waals surface area contributed by atoms with E-state index in [4.69, 9.17) is 11.6 Å². The fourth-order valence-corrected chi connectivity index (χ4v) is 3.19. The smallest absolute Gasteiger partial charge is 0.256 e. The van der Waals surface area contributed by atoms with Crippen molar-refractivity contribution < 1.29 is 26.0 Å². The Balaban J connectivity index is 2.75. The van der Waals surface area contributed by atoms with E-state index in [2.05, 4.69) is 4.98 Å². The molecule has 0 amide bonds. The Hall–Kier alpha value is -1.71. The lowest BCUT2D eigenvalue weighted by Crippen LogP contribution is -2.28. The predicted octanol–water partition coefficient (Wildman–Crippen LogP) is 3.48. The number of pyridine rings is 1. The third-order valence-corrected chi connectivity index (χ3v) is 4.91. The zero-order valence-electron chi connectivity index (χ0n) is 12.1. The van der Waals surface area contributed by atoms with Crippen LogP contribution in [0.4, 0.5) is 17.6 Å². The van der Waals surface area contributed by atoms with Crippen molar-refractivity contribution in [2.24, 2.45) is 0 Å². The molecule has 0 saturated heterocycles. The van der Waals surface area contributed by atoms with Crippen molar-refractivity contribution in [3.8, 4) is 0 Å². The number of hydrogen-bond acceptors (Lipinski definition) is 3. The van der Waals surface area contributed by atoms with E-state index >= 15 is 0 Å². The monoisotopic (exact) mass is 382 g/mol. The summed E-state index contributed by atoms with van der Waals surface area (Å²) in [5.74, 6) is -3.42. The standard InChI is InChI=1S/C14H11ClF4N2O2S/c1-20-24(22,23)11-6-10(16)7-21-13(11)12(14(17,18)19)8-2-4-9(15)5-3-8/h2-7,12,20H,1H3. The van der Waals surface area contributed by atoms with Gasteiger partial charge in [0.1, 0.15) is 16.6 Å². The number of sulfonamides is 1. The van der Waals surface area contributed by atoms with Gasteiger partial charge in [-0.1, -0.05) is 23.7 Å². The van der Waals surface area contributed by atoms with Gasteiger partial charge in [-0.25, -0.2) is 17.5 Å². The molecule has 1 aromatic heterocycles. The van der Waals surface area contributed by atoms with Crippen LogP contribution < -0.4 is 4.72 Å². The summed E-state index contributed by atoms with van der Waals surface area (Å²) >= 11 is 5.67. The second-order valence-electron chi connectivity index (χ2n) is 4.77. The first-order chi connectivity index (χ1) is 11.1. The molecule has 0 aliphatic heterocycles. The molecule has 0 spiro atoms. The molecular formula is C14H11ClF4N2O2S. The first-order valence-electron chi connectivity index (χ1n) is 6.47. The lowest BCUT2D eigenvalue weighted by Gasteiger charge is -2.22. The summed E-state index contributed by atoms with van der Waals surface area (Å²) in [6.45, 7) is 0. The van der Waals surface area contributed by atoms with Crippen LogP contribution in [0.3, 0.4) is 0 Å². The molecule has 0 bridgehead atoms. The van der Waals surface area contributed by atoms with Crippen molar-refractivity contribution in [1.82, 2.24) is 9.71 Å². The second kappa shape index (κ2) is 6.66. The number of nitrogens with one attached hydrogen (secondary N) is 1. The third-order valence-electron chi connectivity index (χ3n) is 3.21. The van der Waals surface area contributed by atoms with Crippen LogP contribution in [0.5, 0.6) is 0 Å². The Labute approximate surface area is 140 Å². The number of hydrogen-bond donors (Lipinski definition) is 1. The maximum absolute atomic E-state index is 13.6. The maximum atomic E-state index is 13.6. The van der Waals surface area contributed by atoms with Gasteiger partial charge in [0.25, 0.3) is 0 Å². The van der Waals surface area contributed by atoms with E-state index in [0.717, 1.165) is 19.2 Å². The largest absolute Gasteiger partial charge is 0.401 e. The van der Waals surface area contributed by atoms with Crippen molar-refractivity contribution in [3.63, 3.8) is 0 Å². The fraction of sp³-hybridized carbons (Fsp3) is 0.214. The molecule has 1 atom stereocenters. The molecule has 0 fully saturated rings. The van der Waals surface area contributed by atoms with Crippen LogP contribution in [-0.2, 0) is 10.0 Å². The van der Waals surface area contributed by atoms with Crippen LogP contribution >= 0.6 is 11.6 Å². The quantitative estimate of drug-likeness (QED) is 0.824. The molecule has 1 aromatic carbocycles. The lowest BCUT2D eigenvalue weighted by atomic mass is 9.94. The van der Waals surface area contributed by atoms with Crippen LogP contribution in [0.1, 0.15) is 17.2 Å². The minimum atomic E-state index is -4.85. The van der Waals surface area contributed by atoms with Crippen molar-refractivity contribution in [2.75, 3.05) is 7.05 Å². The Morgan fingerprint density at radius 3 is 2.29 bits per heavy atom. The molecule has 0 aliphatic carbocycles. The lowest BCUT2D eigenvalue weighted by molar-refractivity contribution is -0.142. The first-order valence-corrected chi connectivity index (χ1v) is 8.33. The average Bonchev–Trinajstić information content (AvgIpc) is 2.49. The van der Waals surface area contributed by atoms with Crippen molar-refractivity contribution in [3.05, 3.63) is 58.6 Å². The normalized spacial score (nSPS) is 13.8. The van der Waals surface area contributed by atoms with Crippen molar-refractivity contribution in [1.29, 1.82) is 0 Å². The van der Waals surface area contributed by atoms with Crippen LogP contribution in [0.2, 0.25) is 5.02 Å². The molecule has 24 heavy (non-hydrogen) atoms. The topological polar surface area (TPSA) is 59.1 Å². The molecular weight excluding hydrogens is 372 g/mol. The van der Waals surface area contributed by atoms with Gasteiger partial charge in [0, 0.05) is 5.02 Å². The molecule has 0 radical (unpaired) electrons. The van der Waals surface area contributed by atoms with Gasteiger partial charge in [0.15, 0.2) is 0 Å². The van der Waals surface area contributed by atoms with Crippen molar-refractivity contribution >= 4 is 21.6 Å². The minimum absolute atomic E-state index is 0.217. The van der Waals surface area contributed by atoms with Gasteiger partial charge in [-0.05, 0) is 30.8 Å². The van der Waals surface area contributed by atoms with E-state index < -0.39 is 38.5 Å². The third kappa shape index (κ3) is 3.85. The van der Waals surface area contributed by atoms with Crippen LogP contribution in [-0.4, -0.2) is 26.6 Å². The average molecular weight is 383 g/mol. The molecule has 1 heterocycles. The summed E-state index contributed by atoms with van der Waals surface area (Å²) < 4.78 is 80.0. The van der Waals surface area contributed by atoms with Gasteiger partial charge >= 0.3 is 6.18 Å². The Morgan fingerprint density at radius 1 is 1.21 bits per heavy atom. The molecule has 2 aromatic rings. The van der Waals surface area contributed by atoms with Gasteiger partial charge in [-0.3, -0.25) is 4.98 Å². The van der Waals surface area contributed by atoms with Gasteiger partial charge in [0.2, 0.25) is 10.0 Å². The van der Waals surface area contributed by atoms with Crippen LogP contribution in [0.15, 0.2) is 41.4 Å². The SMILES string of the molecule is CNS(=O)(=O)c1cc(F)cnc1C(c1ccc(Cl)cc1)C(F)(F)F. The van der Waals surface area contributed by atoms with E-state index in [1.165, 1.54) is 12.1 Å². The Kier molecular flexibility index (Phi) is 5.17. The number of aromatic nitrogens is 1. The van der Waals surface area contributed by atoms with E-state index in [9.17, 15) is 26.0 Å². The highest BCUT2D eigenvalue weighted by Gasteiger charge is 2.45. The number of nitrogens with zero attached hydrogens (tertiary/aromatic N) is 1. The summed E-state index contributed by atoms with van der Waals surface area (Å²) in [6, 6.07) is 5.21. The molecule has 1 unspecified atom stereocenters. The molecule has 4 nitrogen and oxygen atoms in total. The number of rotatable bonds is 4. The van der Waals surface area contributed by atoms with E-state index in [1.807, 2.05) is 4.72 Å². The minimum Gasteiger partial charge on any atom is -0.256 e. The summed E-state index contributed by atoms with van der Waals surface area (Å²) in [6.07, 6.45) is -4.31. The van der Waals surface area contributed by atoms with Gasteiger partial charge in [-0.2, -0.15) is 13.2 Å². The van der Waals surface area contributed by atoms with Crippen molar-refractivity contribution in [2.45, 2.75) is 17.0 Å².